The van der Waals surface area contributed by atoms with E-state index in [1.54, 1.807) is 6.20 Å². The minimum Gasteiger partial charge on any atom is -0.336 e. The Morgan fingerprint density at radius 1 is 1.19 bits per heavy atom. The molecule has 0 atom stereocenters. The van der Waals surface area contributed by atoms with E-state index in [0.717, 1.165) is 43.8 Å². The lowest BCUT2D eigenvalue weighted by molar-refractivity contribution is 0.0650. The second-order valence-corrected chi connectivity index (χ2v) is 6.85. The number of hydrogen-bond donors (Lipinski definition) is 1. The summed E-state index contributed by atoms with van der Waals surface area (Å²) in [5.41, 5.74) is 3.43. The van der Waals surface area contributed by atoms with Gasteiger partial charge in [-0.05, 0) is 18.6 Å². The van der Waals surface area contributed by atoms with Crippen molar-refractivity contribution in [2.75, 3.05) is 32.7 Å². The highest BCUT2D eigenvalue weighted by Gasteiger charge is 2.22. The third-order valence-electron chi connectivity index (χ3n) is 4.98. The highest BCUT2D eigenvalue weighted by atomic mass is 16.2. The molecule has 2 aromatic heterocycles. The van der Waals surface area contributed by atoms with Gasteiger partial charge in [0.05, 0.1) is 5.56 Å². The molecule has 4 rings (SSSR count). The smallest absolute Gasteiger partial charge is 0.255 e. The predicted octanol–water partition coefficient (Wildman–Crippen LogP) is 2.74. The molecule has 1 N–H and O–H groups in total. The molecule has 0 spiro atoms. The van der Waals surface area contributed by atoms with Gasteiger partial charge in [0.15, 0.2) is 5.65 Å². The first-order valence-electron chi connectivity index (χ1n) is 9.24. The predicted molar refractivity (Wildman–Crippen MR) is 106 cm³/mol. The summed E-state index contributed by atoms with van der Waals surface area (Å²) in [6.45, 7) is 6.07. The number of amides is 1. The lowest BCUT2D eigenvalue weighted by Gasteiger charge is -2.34. The van der Waals surface area contributed by atoms with Crippen LogP contribution in [-0.4, -0.2) is 63.6 Å². The number of fused-ring (bicyclic) bond motifs is 1. The number of hydrogen-bond acceptors (Lipinski definition) is 4. The van der Waals surface area contributed by atoms with E-state index in [-0.39, 0.29) is 5.91 Å². The van der Waals surface area contributed by atoms with Crippen molar-refractivity contribution in [1.29, 1.82) is 0 Å². The number of H-pyrrole nitrogens is 1. The van der Waals surface area contributed by atoms with E-state index < -0.39 is 0 Å². The van der Waals surface area contributed by atoms with E-state index in [1.807, 2.05) is 36.1 Å². The summed E-state index contributed by atoms with van der Waals surface area (Å²) in [6, 6.07) is 12.2. The van der Waals surface area contributed by atoms with Crippen LogP contribution in [-0.2, 0) is 0 Å². The zero-order valence-electron chi connectivity index (χ0n) is 15.4. The van der Waals surface area contributed by atoms with Gasteiger partial charge in [-0.2, -0.15) is 5.10 Å². The summed E-state index contributed by atoms with van der Waals surface area (Å²) in [4.78, 5) is 21.4. The summed E-state index contributed by atoms with van der Waals surface area (Å²) in [5.74, 6) is 0.0458. The van der Waals surface area contributed by atoms with Gasteiger partial charge in [-0.3, -0.25) is 14.8 Å². The third kappa shape index (κ3) is 3.90. The summed E-state index contributed by atoms with van der Waals surface area (Å²) in [5, 5.41) is 7.93. The number of benzene rings is 1. The van der Waals surface area contributed by atoms with Crippen LogP contribution < -0.4 is 0 Å². The van der Waals surface area contributed by atoms with Crippen molar-refractivity contribution >= 4 is 23.0 Å². The summed E-state index contributed by atoms with van der Waals surface area (Å²) in [7, 11) is 0. The second-order valence-electron chi connectivity index (χ2n) is 6.85. The van der Waals surface area contributed by atoms with Gasteiger partial charge in [-0.1, -0.05) is 42.5 Å². The summed E-state index contributed by atoms with van der Waals surface area (Å²) >= 11 is 0. The Bertz CT molecular complexity index is 955. The van der Waals surface area contributed by atoms with E-state index in [4.69, 9.17) is 0 Å². The monoisotopic (exact) mass is 361 g/mol. The molecule has 1 fully saturated rings. The number of aromatic amines is 1. The molecule has 0 unspecified atom stereocenters. The van der Waals surface area contributed by atoms with Crippen molar-refractivity contribution in [3.63, 3.8) is 0 Å². The molecule has 0 bridgehead atoms. The van der Waals surface area contributed by atoms with Crippen LogP contribution in [0.25, 0.3) is 17.1 Å². The average molecular weight is 361 g/mol. The fraction of sp³-hybridized carbons (Fsp3) is 0.286. The fourth-order valence-corrected chi connectivity index (χ4v) is 3.35. The van der Waals surface area contributed by atoms with Crippen molar-refractivity contribution in [2.24, 2.45) is 0 Å². The van der Waals surface area contributed by atoms with Crippen molar-refractivity contribution in [3.05, 3.63) is 65.5 Å². The molecule has 3 heterocycles. The number of carbonyl (C=O) groups is 1. The van der Waals surface area contributed by atoms with E-state index >= 15 is 0 Å². The Kier molecular flexibility index (Phi) is 4.98. The minimum absolute atomic E-state index is 0.0458. The summed E-state index contributed by atoms with van der Waals surface area (Å²) in [6.07, 6.45) is 5.96. The van der Waals surface area contributed by atoms with Gasteiger partial charge >= 0.3 is 0 Å². The minimum atomic E-state index is 0.0458. The molecule has 138 valence electrons. The number of nitrogens with zero attached hydrogens (tertiary/aromatic N) is 4. The molecule has 0 saturated carbocycles. The lowest BCUT2D eigenvalue weighted by atomic mass is 10.1. The molecule has 1 aliphatic rings. The first-order valence-corrected chi connectivity index (χ1v) is 9.24. The number of aryl methyl sites for hydroxylation is 1. The van der Waals surface area contributed by atoms with Crippen LogP contribution in [0.3, 0.4) is 0 Å². The van der Waals surface area contributed by atoms with Crippen molar-refractivity contribution < 1.29 is 4.79 Å². The molecular weight excluding hydrogens is 338 g/mol. The van der Waals surface area contributed by atoms with Crippen molar-refractivity contribution in [1.82, 2.24) is 25.0 Å². The van der Waals surface area contributed by atoms with Gasteiger partial charge in [-0.25, -0.2) is 4.98 Å². The maximum absolute atomic E-state index is 12.8. The Labute approximate surface area is 158 Å². The quantitative estimate of drug-likeness (QED) is 0.776. The van der Waals surface area contributed by atoms with Crippen LogP contribution in [0.1, 0.15) is 21.6 Å². The highest BCUT2D eigenvalue weighted by molar-refractivity contribution is 5.97. The van der Waals surface area contributed by atoms with Crippen molar-refractivity contribution in [3.8, 4) is 0 Å². The molecule has 0 radical (unpaired) electrons. The number of pyridine rings is 1. The van der Waals surface area contributed by atoms with Gasteiger partial charge in [0.2, 0.25) is 0 Å². The van der Waals surface area contributed by atoms with Gasteiger partial charge < -0.3 is 4.90 Å². The fourth-order valence-electron chi connectivity index (χ4n) is 3.35. The van der Waals surface area contributed by atoms with Gasteiger partial charge in [0, 0.05) is 50.0 Å². The van der Waals surface area contributed by atoms with E-state index in [0.29, 0.717) is 11.2 Å². The summed E-state index contributed by atoms with van der Waals surface area (Å²) < 4.78 is 0. The first-order chi connectivity index (χ1) is 13.2. The molecule has 27 heavy (non-hydrogen) atoms. The van der Waals surface area contributed by atoms with E-state index in [2.05, 4.69) is 44.4 Å². The Hall–Kier alpha value is -2.99. The number of nitrogens with one attached hydrogen (secondary N) is 1. The van der Waals surface area contributed by atoms with Crippen LogP contribution in [0.15, 0.2) is 48.7 Å². The van der Waals surface area contributed by atoms with Gasteiger partial charge in [0.25, 0.3) is 5.91 Å². The standard InChI is InChI=1S/C21H23N5O/c1-16-19-14-18(15-22-20(19)24-23-16)21(27)26-12-10-25(11-13-26)9-5-8-17-6-3-2-4-7-17/h2-8,14-15H,9-13H2,1H3,(H,22,23,24)/b8-5+. The third-order valence-corrected chi connectivity index (χ3v) is 4.98. The average Bonchev–Trinajstić information content (AvgIpc) is 3.09. The molecule has 1 amide bonds. The first kappa shape index (κ1) is 17.4. The Morgan fingerprint density at radius 2 is 1.96 bits per heavy atom. The highest BCUT2D eigenvalue weighted by Crippen LogP contribution is 2.16. The van der Waals surface area contributed by atoms with E-state index in [1.165, 1.54) is 5.56 Å². The topological polar surface area (TPSA) is 65.1 Å². The van der Waals surface area contributed by atoms with Crippen LogP contribution in [0, 0.1) is 6.92 Å². The number of carbonyl (C=O) groups excluding carboxylic acids is 1. The van der Waals surface area contributed by atoms with Crippen molar-refractivity contribution in [2.45, 2.75) is 6.92 Å². The zero-order chi connectivity index (χ0) is 18.6. The van der Waals surface area contributed by atoms with Crippen LogP contribution in [0.2, 0.25) is 0 Å². The maximum atomic E-state index is 12.8. The van der Waals surface area contributed by atoms with E-state index in [9.17, 15) is 4.79 Å². The Morgan fingerprint density at radius 3 is 2.74 bits per heavy atom. The largest absolute Gasteiger partial charge is 0.336 e. The van der Waals surface area contributed by atoms with Crippen LogP contribution in [0.4, 0.5) is 0 Å². The molecule has 0 aliphatic carbocycles. The number of piperazine rings is 1. The molecule has 3 aromatic rings. The number of aromatic nitrogens is 3. The van der Waals surface area contributed by atoms with Crippen LogP contribution in [0.5, 0.6) is 0 Å². The van der Waals surface area contributed by atoms with Crippen LogP contribution >= 0.6 is 0 Å². The van der Waals surface area contributed by atoms with Gasteiger partial charge in [-0.15, -0.1) is 0 Å². The molecule has 1 saturated heterocycles. The van der Waals surface area contributed by atoms with Gasteiger partial charge in [0.1, 0.15) is 0 Å². The second kappa shape index (κ2) is 7.72. The molecule has 1 aromatic carbocycles. The maximum Gasteiger partial charge on any atom is 0.255 e. The Balaban J connectivity index is 1.33. The molecule has 6 heteroatoms. The molecule has 1 aliphatic heterocycles. The number of rotatable bonds is 4. The molecule has 6 nitrogen and oxygen atoms in total. The normalized spacial score (nSPS) is 15.7. The molecular formula is C21H23N5O. The lowest BCUT2D eigenvalue weighted by Crippen LogP contribution is -2.48. The SMILES string of the molecule is Cc1[nH]nc2ncc(C(=O)N3CCN(C/C=C/c4ccccc4)CC3)cc12. The zero-order valence-corrected chi connectivity index (χ0v) is 15.4.